The highest BCUT2D eigenvalue weighted by molar-refractivity contribution is 9.10. The maximum atomic E-state index is 13.6. The van der Waals surface area contributed by atoms with Gasteiger partial charge >= 0.3 is 0 Å². The number of nitrogens with zero attached hydrogens (tertiary/aromatic N) is 2. The monoisotopic (exact) mass is 379 g/mol. The first-order valence-electron chi connectivity index (χ1n) is 6.00. The predicted molar refractivity (Wildman–Crippen MR) is 76.1 cm³/mol. The predicted octanol–water partition coefficient (Wildman–Crippen LogP) is 2.29. The molecule has 2 rings (SSSR count). The summed E-state index contributed by atoms with van der Waals surface area (Å²) in [6.07, 6.45) is 5.50. The van der Waals surface area contributed by atoms with Crippen molar-refractivity contribution < 1.29 is 17.2 Å². The van der Waals surface area contributed by atoms with Crippen LogP contribution in [-0.4, -0.2) is 24.5 Å². The SMILES string of the molecule is O=S(=O)(NCCCn1ccnc1)c1c(F)cc(F)cc1Br. The summed E-state index contributed by atoms with van der Waals surface area (Å²) in [5.41, 5.74) is 0. The van der Waals surface area contributed by atoms with Gasteiger partial charge in [-0.25, -0.2) is 26.9 Å². The summed E-state index contributed by atoms with van der Waals surface area (Å²) in [6.45, 7) is 0.708. The fourth-order valence-electron chi connectivity index (χ4n) is 1.75. The molecule has 21 heavy (non-hydrogen) atoms. The summed E-state index contributed by atoms with van der Waals surface area (Å²) < 4.78 is 54.6. The Morgan fingerprint density at radius 3 is 2.71 bits per heavy atom. The Labute approximate surface area is 129 Å². The molecule has 0 saturated heterocycles. The van der Waals surface area contributed by atoms with E-state index in [4.69, 9.17) is 0 Å². The van der Waals surface area contributed by atoms with Crippen LogP contribution in [0.25, 0.3) is 0 Å². The zero-order chi connectivity index (χ0) is 15.5. The molecule has 0 fully saturated rings. The van der Waals surface area contributed by atoms with Gasteiger partial charge in [0.15, 0.2) is 0 Å². The third kappa shape index (κ3) is 4.08. The molecule has 0 unspecified atom stereocenters. The summed E-state index contributed by atoms with van der Waals surface area (Å²) in [4.78, 5) is 3.27. The summed E-state index contributed by atoms with van der Waals surface area (Å²) in [6, 6.07) is 1.44. The van der Waals surface area contributed by atoms with E-state index < -0.39 is 26.6 Å². The van der Waals surface area contributed by atoms with Crippen LogP contribution in [0.5, 0.6) is 0 Å². The van der Waals surface area contributed by atoms with Crippen molar-refractivity contribution in [2.75, 3.05) is 6.54 Å². The van der Waals surface area contributed by atoms with Crippen LogP contribution in [0.4, 0.5) is 8.78 Å². The van der Waals surface area contributed by atoms with Gasteiger partial charge in [0.25, 0.3) is 0 Å². The summed E-state index contributed by atoms with van der Waals surface area (Å²) in [5.74, 6) is -1.98. The zero-order valence-electron chi connectivity index (χ0n) is 10.8. The topological polar surface area (TPSA) is 64.0 Å². The summed E-state index contributed by atoms with van der Waals surface area (Å²) in [5, 5.41) is 0. The molecule has 2 aromatic rings. The lowest BCUT2D eigenvalue weighted by Gasteiger charge is -2.10. The van der Waals surface area contributed by atoms with Gasteiger partial charge in [0.2, 0.25) is 10.0 Å². The zero-order valence-corrected chi connectivity index (χ0v) is 13.2. The molecule has 0 aliphatic carbocycles. The molecule has 0 amide bonds. The normalized spacial score (nSPS) is 11.8. The molecule has 1 aromatic heterocycles. The van der Waals surface area contributed by atoms with E-state index in [2.05, 4.69) is 25.6 Å². The highest BCUT2D eigenvalue weighted by Gasteiger charge is 2.23. The van der Waals surface area contributed by atoms with Gasteiger partial charge in [0.05, 0.1) is 6.33 Å². The van der Waals surface area contributed by atoms with Crippen molar-refractivity contribution in [3.8, 4) is 0 Å². The fourth-order valence-corrected chi connectivity index (χ4v) is 3.98. The van der Waals surface area contributed by atoms with E-state index in [9.17, 15) is 17.2 Å². The second kappa shape index (κ2) is 6.63. The lowest BCUT2D eigenvalue weighted by Crippen LogP contribution is -2.26. The number of hydrogen-bond acceptors (Lipinski definition) is 3. The number of rotatable bonds is 6. The first-order valence-corrected chi connectivity index (χ1v) is 8.28. The van der Waals surface area contributed by atoms with Crippen molar-refractivity contribution in [1.29, 1.82) is 0 Å². The van der Waals surface area contributed by atoms with Gasteiger partial charge in [-0.05, 0) is 28.4 Å². The first-order chi connectivity index (χ1) is 9.90. The van der Waals surface area contributed by atoms with Crippen LogP contribution in [-0.2, 0) is 16.6 Å². The Morgan fingerprint density at radius 2 is 2.10 bits per heavy atom. The van der Waals surface area contributed by atoms with Gasteiger partial charge in [-0.2, -0.15) is 0 Å². The Morgan fingerprint density at radius 1 is 1.33 bits per heavy atom. The largest absolute Gasteiger partial charge is 0.337 e. The van der Waals surface area contributed by atoms with Gasteiger partial charge in [-0.15, -0.1) is 0 Å². The summed E-state index contributed by atoms with van der Waals surface area (Å²) >= 11 is 2.86. The lowest BCUT2D eigenvalue weighted by atomic mass is 10.3. The first kappa shape index (κ1) is 16.1. The number of aromatic nitrogens is 2. The quantitative estimate of drug-likeness (QED) is 0.783. The number of nitrogens with one attached hydrogen (secondary N) is 1. The minimum Gasteiger partial charge on any atom is -0.337 e. The van der Waals surface area contributed by atoms with E-state index in [0.717, 1.165) is 6.07 Å². The number of aryl methyl sites for hydroxylation is 1. The second-order valence-electron chi connectivity index (χ2n) is 4.25. The summed E-state index contributed by atoms with van der Waals surface area (Å²) in [7, 11) is -4.04. The molecular formula is C12H12BrF2N3O2S. The molecular weight excluding hydrogens is 368 g/mol. The van der Waals surface area contributed by atoms with Crippen molar-refractivity contribution in [3.63, 3.8) is 0 Å². The molecule has 0 aliphatic heterocycles. The molecule has 114 valence electrons. The highest BCUT2D eigenvalue weighted by Crippen LogP contribution is 2.25. The molecule has 0 saturated carbocycles. The van der Waals surface area contributed by atoms with Crippen LogP contribution in [0.15, 0.2) is 40.2 Å². The maximum Gasteiger partial charge on any atom is 0.244 e. The lowest BCUT2D eigenvalue weighted by molar-refractivity contribution is 0.537. The van der Waals surface area contributed by atoms with Gasteiger partial charge in [0.1, 0.15) is 16.5 Å². The number of halogens is 3. The Balaban J connectivity index is 2.02. The van der Waals surface area contributed by atoms with Crippen molar-refractivity contribution in [3.05, 3.63) is 47.0 Å². The minimum atomic E-state index is -4.04. The molecule has 0 radical (unpaired) electrons. The Hall–Kier alpha value is -1.32. The molecule has 0 bridgehead atoms. The van der Waals surface area contributed by atoms with E-state index in [1.807, 2.05) is 0 Å². The van der Waals surface area contributed by atoms with Crippen molar-refractivity contribution in [1.82, 2.24) is 14.3 Å². The molecule has 9 heteroatoms. The van der Waals surface area contributed by atoms with Gasteiger partial charge in [-0.3, -0.25) is 0 Å². The van der Waals surface area contributed by atoms with E-state index in [1.54, 1.807) is 23.3 Å². The van der Waals surface area contributed by atoms with Crippen molar-refractivity contribution in [2.24, 2.45) is 0 Å². The third-order valence-corrected chi connectivity index (χ3v) is 5.10. The Kier molecular flexibility index (Phi) is 5.07. The van der Waals surface area contributed by atoms with Crippen LogP contribution in [0.3, 0.4) is 0 Å². The molecule has 0 spiro atoms. The van der Waals surface area contributed by atoms with Crippen LogP contribution in [0, 0.1) is 11.6 Å². The van der Waals surface area contributed by atoms with Crippen molar-refractivity contribution >= 4 is 26.0 Å². The number of hydrogen-bond donors (Lipinski definition) is 1. The minimum absolute atomic E-state index is 0.129. The van der Waals surface area contributed by atoms with Gasteiger partial charge in [-0.1, -0.05) is 0 Å². The number of benzene rings is 1. The standard InChI is InChI=1S/C12H12BrF2N3O2S/c13-10-6-9(14)7-11(15)12(10)21(19,20)17-2-1-4-18-5-3-16-8-18/h3,5-8,17H,1-2,4H2. The van der Waals surface area contributed by atoms with E-state index in [1.165, 1.54) is 0 Å². The molecule has 0 atom stereocenters. The Bertz CT molecular complexity index is 697. The van der Waals surface area contributed by atoms with Crippen molar-refractivity contribution in [2.45, 2.75) is 17.9 Å². The van der Waals surface area contributed by atoms with E-state index in [0.29, 0.717) is 19.0 Å². The van der Waals surface area contributed by atoms with Crippen LogP contribution in [0.1, 0.15) is 6.42 Å². The fraction of sp³-hybridized carbons (Fsp3) is 0.250. The van der Waals surface area contributed by atoms with Gasteiger partial charge < -0.3 is 4.57 Å². The smallest absolute Gasteiger partial charge is 0.244 e. The average Bonchev–Trinajstić information content (AvgIpc) is 2.86. The highest BCUT2D eigenvalue weighted by atomic mass is 79.9. The molecule has 1 aromatic carbocycles. The van der Waals surface area contributed by atoms with Gasteiger partial charge in [0, 0.05) is 36.0 Å². The molecule has 5 nitrogen and oxygen atoms in total. The second-order valence-corrected chi connectivity index (χ2v) is 6.81. The number of imidazole rings is 1. The van der Waals surface area contributed by atoms with Crippen LogP contribution < -0.4 is 4.72 Å². The maximum absolute atomic E-state index is 13.6. The van der Waals surface area contributed by atoms with E-state index in [-0.39, 0.29) is 11.0 Å². The molecule has 1 heterocycles. The van der Waals surface area contributed by atoms with E-state index >= 15 is 0 Å². The molecule has 1 N–H and O–H groups in total. The van der Waals surface area contributed by atoms with Crippen LogP contribution in [0.2, 0.25) is 0 Å². The molecule has 0 aliphatic rings. The third-order valence-electron chi connectivity index (χ3n) is 2.68. The van der Waals surface area contributed by atoms with Crippen LogP contribution >= 0.6 is 15.9 Å². The average molecular weight is 380 g/mol. The number of sulfonamides is 1.